The Hall–Kier alpha value is -0.810. The van der Waals surface area contributed by atoms with E-state index in [1.54, 1.807) is 19.1 Å². The topological polar surface area (TPSA) is 73.9 Å². The summed E-state index contributed by atoms with van der Waals surface area (Å²) in [5.74, 6) is 0. The highest BCUT2D eigenvalue weighted by Crippen LogP contribution is 2.48. The molecule has 108 valence electrons. The van der Waals surface area contributed by atoms with Gasteiger partial charge in [0.05, 0.1) is 6.61 Å². The van der Waals surface area contributed by atoms with Gasteiger partial charge in [0, 0.05) is 25.2 Å². The Morgan fingerprint density at radius 3 is 2.79 bits per heavy atom. The van der Waals surface area contributed by atoms with Crippen LogP contribution in [-0.2, 0) is 18.3 Å². The number of hydrogen-bond acceptors (Lipinski definition) is 5. The van der Waals surface area contributed by atoms with Gasteiger partial charge in [-0.05, 0) is 19.1 Å². The SMILES string of the molecule is CCOC(=O)NC1(OP(C)(=O)OC)C=CC(Cl)=CC1. The zero-order chi connectivity index (χ0) is 14.5. The summed E-state index contributed by atoms with van der Waals surface area (Å²) in [5.41, 5.74) is -1.29. The summed E-state index contributed by atoms with van der Waals surface area (Å²) in [4.78, 5) is 11.5. The van der Waals surface area contributed by atoms with Crippen molar-refractivity contribution in [3.63, 3.8) is 0 Å². The summed E-state index contributed by atoms with van der Waals surface area (Å²) >= 11 is 5.82. The molecule has 0 aromatic heterocycles. The maximum Gasteiger partial charge on any atom is 0.409 e. The molecule has 1 N–H and O–H groups in total. The van der Waals surface area contributed by atoms with Gasteiger partial charge in [0.25, 0.3) is 0 Å². The van der Waals surface area contributed by atoms with Crippen LogP contribution < -0.4 is 5.32 Å². The van der Waals surface area contributed by atoms with E-state index in [1.165, 1.54) is 19.9 Å². The van der Waals surface area contributed by atoms with Crippen LogP contribution in [0.5, 0.6) is 0 Å². The minimum Gasteiger partial charge on any atom is -0.450 e. The molecule has 0 saturated carbocycles. The molecule has 6 nitrogen and oxygen atoms in total. The second-order valence-electron chi connectivity index (χ2n) is 3.91. The highest BCUT2D eigenvalue weighted by Gasteiger charge is 2.37. The largest absolute Gasteiger partial charge is 0.450 e. The van der Waals surface area contributed by atoms with Crippen molar-refractivity contribution in [2.45, 2.75) is 19.1 Å². The van der Waals surface area contributed by atoms with Gasteiger partial charge in [-0.15, -0.1) is 0 Å². The molecule has 1 aliphatic rings. The first kappa shape index (κ1) is 16.2. The van der Waals surface area contributed by atoms with Crippen molar-refractivity contribution in [2.24, 2.45) is 0 Å². The molecule has 0 bridgehead atoms. The lowest BCUT2D eigenvalue weighted by Crippen LogP contribution is -2.49. The number of carbonyl (C=O) groups is 1. The molecule has 0 fully saturated rings. The molecule has 0 radical (unpaired) electrons. The van der Waals surface area contributed by atoms with E-state index < -0.39 is 19.4 Å². The van der Waals surface area contributed by atoms with E-state index in [9.17, 15) is 9.36 Å². The monoisotopic (exact) mass is 309 g/mol. The van der Waals surface area contributed by atoms with Gasteiger partial charge in [0.2, 0.25) is 0 Å². The maximum absolute atomic E-state index is 12.0. The van der Waals surface area contributed by atoms with Crippen LogP contribution in [0, 0.1) is 0 Å². The first-order chi connectivity index (χ1) is 8.82. The third-order valence-electron chi connectivity index (χ3n) is 2.36. The molecule has 0 aliphatic heterocycles. The third-order valence-corrected chi connectivity index (χ3v) is 3.96. The van der Waals surface area contributed by atoms with Crippen molar-refractivity contribution in [1.29, 1.82) is 0 Å². The van der Waals surface area contributed by atoms with Crippen LogP contribution in [0.4, 0.5) is 4.79 Å². The Balaban J connectivity index is 2.90. The van der Waals surface area contributed by atoms with Crippen LogP contribution in [0.25, 0.3) is 0 Å². The smallest absolute Gasteiger partial charge is 0.409 e. The quantitative estimate of drug-likeness (QED) is 0.624. The molecule has 0 aromatic rings. The van der Waals surface area contributed by atoms with Crippen LogP contribution >= 0.6 is 19.2 Å². The lowest BCUT2D eigenvalue weighted by atomic mass is 10.1. The summed E-state index contributed by atoms with van der Waals surface area (Å²) in [6, 6.07) is 0. The second kappa shape index (κ2) is 6.57. The fourth-order valence-corrected chi connectivity index (χ4v) is 2.44. The number of halogens is 1. The minimum atomic E-state index is -3.30. The van der Waals surface area contributed by atoms with Crippen LogP contribution in [-0.4, -0.2) is 32.2 Å². The molecule has 0 spiro atoms. The van der Waals surface area contributed by atoms with Gasteiger partial charge in [0.15, 0.2) is 5.72 Å². The van der Waals surface area contributed by atoms with Crippen LogP contribution in [0.3, 0.4) is 0 Å². The molecule has 0 aromatic carbocycles. The highest BCUT2D eigenvalue weighted by molar-refractivity contribution is 7.53. The van der Waals surface area contributed by atoms with E-state index in [0.29, 0.717) is 5.03 Å². The fourth-order valence-electron chi connectivity index (χ4n) is 1.46. The van der Waals surface area contributed by atoms with Crippen molar-refractivity contribution >= 4 is 25.3 Å². The standard InChI is InChI=1S/C11H17ClNO5P/c1-4-17-10(14)13-11(18-19(3,15)16-2)7-5-9(12)6-8-11/h5-7H,4,8H2,1-3H3,(H,13,14). The Morgan fingerprint density at radius 2 is 2.32 bits per heavy atom. The van der Waals surface area contributed by atoms with Crippen molar-refractivity contribution in [2.75, 3.05) is 20.4 Å². The molecule has 1 aliphatic carbocycles. The van der Waals surface area contributed by atoms with Gasteiger partial charge in [-0.25, -0.2) is 4.79 Å². The second-order valence-corrected chi connectivity index (χ2v) is 6.43. The number of nitrogens with one attached hydrogen (secondary N) is 1. The van der Waals surface area contributed by atoms with Crippen molar-refractivity contribution in [3.8, 4) is 0 Å². The van der Waals surface area contributed by atoms with Gasteiger partial charge in [-0.3, -0.25) is 14.4 Å². The van der Waals surface area contributed by atoms with Gasteiger partial charge < -0.3 is 9.26 Å². The summed E-state index contributed by atoms with van der Waals surface area (Å²) in [6.07, 6.45) is 4.26. The molecule has 2 unspecified atom stereocenters. The Labute approximate surface area is 117 Å². The Morgan fingerprint density at radius 1 is 1.63 bits per heavy atom. The maximum atomic E-state index is 12.0. The Bertz CT molecular complexity index is 450. The normalized spacial score (nSPS) is 25.4. The van der Waals surface area contributed by atoms with Gasteiger partial charge in [0.1, 0.15) is 0 Å². The van der Waals surface area contributed by atoms with Gasteiger partial charge in [-0.2, -0.15) is 0 Å². The van der Waals surface area contributed by atoms with Gasteiger partial charge in [-0.1, -0.05) is 17.7 Å². The lowest BCUT2D eigenvalue weighted by molar-refractivity contribution is 0.0562. The number of allylic oxidation sites excluding steroid dienone is 2. The lowest BCUT2D eigenvalue weighted by Gasteiger charge is -2.33. The number of hydrogen-bond donors (Lipinski definition) is 1. The van der Waals surface area contributed by atoms with Crippen LogP contribution in [0.2, 0.25) is 0 Å². The number of amides is 1. The number of ether oxygens (including phenoxy) is 1. The fraction of sp³-hybridized carbons (Fsp3) is 0.545. The molecule has 0 heterocycles. The summed E-state index contributed by atoms with van der Waals surface area (Å²) < 4.78 is 26.9. The van der Waals surface area contributed by atoms with Crippen molar-refractivity contribution < 1.29 is 23.1 Å². The first-order valence-electron chi connectivity index (χ1n) is 5.66. The molecule has 0 saturated heterocycles. The zero-order valence-electron chi connectivity index (χ0n) is 11.0. The van der Waals surface area contributed by atoms with E-state index in [1.807, 2.05) is 0 Å². The number of alkyl carbamates (subject to hydrolysis) is 1. The summed E-state index contributed by atoms with van der Waals surface area (Å²) in [6.45, 7) is 3.21. The number of carbonyl (C=O) groups excluding carboxylic acids is 1. The molecule has 19 heavy (non-hydrogen) atoms. The van der Waals surface area contributed by atoms with E-state index >= 15 is 0 Å². The zero-order valence-corrected chi connectivity index (χ0v) is 12.7. The highest BCUT2D eigenvalue weighted by atomic mass is 35.5. The van der Waals surface area contributed by atoms with Crippen molar-refractivity contribution in [3.05, 3.63) is 23.3 Å². The van der Waals surface area contributed by atoms with E-state index in [0.717, 1.165) is 0 Å². The average molecular weight is 310 g/mol. The molecule has 1 amide bonds. The van der Waals surface area contributed by atoms with E-state index in [-0.39, 0.29) is 13.0 Å². The van der Waals surface area contributed by atoms with Crippen LogP contribution in [0.1, 0.15) is 13.3 Å². The molecule has 8 heteroatoms. The Kier molecular flexibility index (Phi) is 5.62. The number of rotatable bonds is 5. The van der Waals surface area contributed by atoms with E-state index in [2.05, 4.69) is 5.32 Å². The average Bonchev–Trinajstić information content (AvgIpc) is 2.33. The third kappa shape index (κ3) is 4.99. The molecular weight excluding hydrogens is 293 g/mol. The van der Waals surface area contributed by atoms with Gasteiger partial charge >= 0.3 is 13.7 Å². The van der Waals surface area contributed by atoms with Crippen LogP contribution in [0.15, 0.2) is 23.3 Å². The molecule has 1 rings (SSSR count). The predicted octanol–water partition coefficient (Wildman–Crippen LogP) is 3.00. The first-order valence-corrected chi connectivity index (χ1v) is 8.03. The summed E-state index contributed by atoms with van der Waals surface area (Å²) in [7, 11) is -2.02. The molecule has 2 atom stereocenters. The molecular formula is C11H17ClNO5P. The minimum absolute atomic E-state index is 0.219. The predicted molar refractivity (Wildman–Crippen MR) is 72.2 cm³/mol. The summed E-state index contributed by atoms with van der Waals surface area (Å²) in [5, 5.41) is 3.03. The van der Waals surface area contributed by atoms with E-state index in [4.69, 9.17) is 25.4 Å². The van der Waals surface area contributed by atoms with Crippen molar-refractivity contribution in [1.82, 2.24) is 5.32 Å².